The Labute approximate surface area is 145 Å². The smallest absolute Gasteiger partial charge is 0.303 e. The second-order valence-corrected chi connectivity index (χ2v) is 6.40. The first-order valence-electron chi connectivity index (χ1n) is 7.64. The average Bonchev–Trinajstić information content (AvgIpc) is 2.50. The predicted octanol–water partition coefficient (Wildman–Crippen LogP) is 3.58. The Hall–Kier alpha value is -1.86. The highest BCUT2D eigenvalue weighted by molar-refractivity contribution is 6.32. The minimum absolute atomic E-state index is 0.0134. The van der Waals surface area contributed by atoms with Gasteiger partial charge in [0.1, 0.15) is 5.75 Å². The van der Waals surface area contributed by atoms with Crippen LogP contribution in [0.3, 0.4) is 0 Å². The van der Waals surface area contributed by atoms with Crippen molar-refractivity contribution < 1.29 is 23.9 Å². The van der Waals surface area contributed by atoms with Crippen LogP contribution in [0.1, 0.15) is 27.7 Å². The first-order chi connectivity index (χ1) is 11.2. The number of carbonyl (C=O) groups is 1. The van der Waals surface area contributed by atoms with Crippen molar-refractivity contribution in [2.24, 2.45) is 11.8 Å². The average molecular weight is 358 g/mol. The Kier molecular flexibility index (Phi) is 5.66. The summed E-state index contributed by atoms with van der Waals surface area (Å²) in [7, 11) is 0. The Morgan fingerprint density at radius 1 is 1.29 bits per heavy atom. The highest BCUT2D eigenvalue weighted by atomic mass is 35.5. The Bertz CT molecular complexity index is 637. The van der Waals surface area contributed by atoms with Gasteiger partial charge in [0.05, 0.1) is 16.0 Å². The van der Waals surface area contributed by atoms with E-state index in [1.54, 1.807) is 0 Å². The van der Waals surface area contributed by atoms with Gasteiger partial charge in [-0.25, -0.2) is 0 Å². The zero-order valence-corrected chi connectivity index (χ0v) is 14.6. The SMILES string of the molecule is CC(=O)OC1[C@H](Oc2ccc([N+](=O)[O-])cc2Cl)OC(C)[C@H](C)[C@@H]1C. The first kappa shape index (κ1) is 18.5. The highest BCUT2D eigenvalue weighted by Crippen LogP contribution is 2.36. The van der Waals surface area contributed by atoms with Gasteiger partial charge in [0.25, 0.3) is 5.69 Å². The summed E-state index contributed by atoms with van der Waals surface area (Å²) in [6.45, 7) is 7.22. The van der Waals surface area contributed by atoms with E-state index in [-0.39, 0.29) is 34.4 Å². The first-order valence-corrected chi connectivity index (χ1v) is 8.01. The van der Waals surface area contributed by atoms with E-state index < -0.39 is 23.3 Å². The minimum atomic E-state index is -0.839. The van der Waals surface area contributed by atoms with Crippen LogP contribution in [0.2, 0.25) is 5.02 Å². The molecule has 132 valence electrons. The number of nitrogens with zero attached hydrogens (tertiary/aromatic N) is 1. The van der Waals surface area contributed by atoms with Crippen LogP contribution in [0.25, 0.3) is 0 Å². The van der Waals surface area contributed by atoms with E-state index >= 15 is 0 Å². The normalized spacial score (nSPS) is 29.8. The van der Waals surface area contributed by atoms with Crippen LogP contribution in [0.4, 0.5) is 5.69 Å². The third-order valence-electron chi connectivity index (χ3n) is 4.38. The number of hydrogen-bond donors (Lipinski definition) is 0. The molecule has 7 nitrogen and oxygen atoms in total. The monoisotopic (exact) mass is 357 g/mol. The number of nitro benzene ring substituents is 1. The van der Waals surface area contributed by atoms with E-state index in [1.807, 2.05) is 20.8 Å². The largest absolute Gasteiger partial charge is 0.459 e. The minimum Gasteiger partial charge on any atom is -0.459 e. The second-order valence-electron chi connectivity index (χ2n) is 5.99. The van der Waals surface area contributed by atoms with Gasteiger partial charge in [-0.2, -0.15) is 0 Å². The fourth-order valence-electron chi connectivity index (χ4n) is 2.66. The molecule has 1 aliphatic rings. The molecule has 0 aliphatic carbocycles. The van der Waals surface area contributed by atoms with Gasteiger partial charge in [0.2, 0.25) is 6.29 Å². The van der Waals surface area contributed by atoms with Crippen LogP contribution >= 0.6 is 11.6 Å². The van der Waals surface area contributed by atoms with Crippen LogP contribution < -0.4 is 4.74 Å². The van der Waals surface area contributed by atoms with E-state index in [9.17, 15) is 14.9 Å². The molecule has 5 atom stereocenters. The van der Waals surface area contributed by atoms with Gasteiger partial charge in [-0.1, -0.05) is 25.4 Å². The third kappa shape index (κ3) is 3.96. The molecule has 1 heterocycles. The third-order valence-corrected chi connectivity index (χ3v) is 4.67. The van der Waals surface area contributed by atoms with Crippen LogP contribution in [0, 0.1) is 22.0 Å². The summed E-state index contributed by atoms with van der Waals surface area (Å²) in [5, 5.41) is 10.9. The van der Waals surface area contributed by atoms with Crippen molar-refractivity contribution in [3.05, 3.63) is 33.3 Å². The number of benzene rings is 1. The van der Waals surface area contributed by atoms with Crippen LogP contribution in [-0.4, -0.2) is 29.4 Å². The molecule has 1 aliphatic heterocycles. The molecule has 0 bridgehead atoms. The van der Waals surface area contributed by atoms with Gasteiger partial charge in [-0.15, -0.1) is 0 Å². The standard InChI is InChI=1S/C16H20ClNO6/c1-8-9(2)15(23-11(4)19)16(22-10(8)3)24-14-6-5-12(18(20)21)7-13(14)17/h5-10,15-16H,1-4H3/t8-,9+,10?,15?,16+/m1/s1. The molecule has 8 heteroatoms. The summed E-state index contributed by atoms with van der Waals surface area (Å²) in [4.78, 5) is 21.6. The summed E-state index contributed by atoms with van der Waals surface area (Å²) in [5.41, 5.74) is -0.135. The maximum atomic E-state index is 11.4. The molecule has 0 amide bonds. The molecule has 0 saturated carbocycles. The number of hydrogen-bond acceptors (Lipinski definition) is 6. The number of nitro groups is 1. The van der Waals surface area contributed by atoms with Gasteiger partial charge >= 0.3 is 5.97 Å². The van der Waals surface area contributed by atoms with Crippen molar-refractivity contribution in [2.75, 3.05) is 0 Å². The number of ether oxygens (including phenoxy) is 3. The molecule has 2 unspecified atom stereocenters. The van der Waals surface area contributed by atoms with Gasteiger partial charge < -0.3 is 14.2 Å². The van der Waals surface area contributed by atoms with Crippen molar-refractivity contribution in [1.29, 1.82) is 0 Å². The fourth-order valence-corrected chi connectivity index (χ4v) is 2.88. The number of carbonyl (C=O) groups excluding carboxylic acids is 1. The maximum absolute atomic E-state index is 11.4. The van der Waals surface area contributed by atoms with Gasteiger partial charge in [0, 0.05) is 25.0 Å². The lowest BCUT2D eigenvalue weighted by atomic mass is 9.84. The predicted molar refractivity (Wildman–Crippen MR) is 87.0 cm³/mol. The summed E-state index contributed by atoms with van der Waals surface area (Å²) >= 11 is 6.05. The Balaban J connectivity index is 2.24. The van der Waals surface area contributed by atoms with E-state index in [1.165, 1.54) is 25.1 Å². The van der Waals surface area contributed by atoms with Crippen molar-refractivity contribution in [1.82, 2.24) is 0 Å². The van der Waals surface area contributed by atoms with Gasteiger partial charge in [-0.05, 0) is 18.9 Å². The molecular formula is C16H20ClNO6. The summed E-state index contributed by atoms with van der Waals surface area (Å²) in [5.74, 6) is -0.0139. The van der Waals surface area contributed by atoms with E-state index in [0.717, 1.165) is 0 Å². The lowest BCUT2D eigenvalue weighted by Crippen LogP contribution is -2.52. The summed E-state index contributed by atoms with van der Waals surface area (Å²) < 4.78 is 17.0. The van der Waals surface area contributed by atoms with Crippen molar-refractivity contribution in [2.45, 2.75) is 46.2 Å². The Morgan fingerprint density at radius 2 is 1.96 bits per heavy atom. The zero-order valence-electron chi connectivity index (χ0n) is 13.9. The van der Waals surface area contributed by atoms with E-state index in [2.05, 4.69) is 0 Å². The van der Waals surface area contributed by atoms with Crippen LogP contribution in [0.15, 0.2) is 18.2 Å². The molecule has 1 saturated heterocycles. The summed E-state index contributed by atoms with van der Waals surface area (Å²) in [6, 6.07) is 3.90. The highest BCUT2D eigenvalue weighted by Gasteiger charge is 2.43. The molecule has 1 aromatic carbocycles. The van der Waals surface area contributed by atoms with Gasteiger partial charge in [0.15, 0.2) is 6.10 Å². The molecule has 0 aromatic heterocycles. The molecule has 1 aromatic rings. The molecule has 2 rings (SSSR count). The molecular weight excluding hydrogens is 338 g/mol. The van der Waals surface area contributed by atoms with Crippen LogP contribution in [-0.2, 0) is 14.3 Å². The Morgan fingerprint density at radius 3 is 2.50 bits per heavy atom. The van der Waals surface area contributed by atoms with E-state index in [0.29, 0.717) is 0 Å². The zero-order chi connectivity index (χ0) is 18.0. The molecule has 0 radical (unpaired) electrons. The molecule has 0 spiro atoms. The number of non-ortho nitro benzene ring substituents is 1. The number of rotatable bonds is 4. The maximum Gasteiger partial charge on any atom is 0.303 e. The second kappa shape index (κ2) is 7.36. The van der Waals surface area contributed by atoms with Gasteiger partial charge in [-0.3, -0.25) is 14.9 Å². The lowest BCUT2D eigenvalue weighted by Gasteiger charge is -2.42. The van der Waals surface area contributed by atoms with Crippen molar-refractivity contribution in [3.63, 3.8) is 0 Å². The molecule has 1 fully saturated rings. The van der Waals surface area contributed by atoms with Crippen molar-refractivity contribution >= 4 is 23.3 Å². The summed E-state index contributed by atoms with van der Waals surface area (Å²) in [6.07, 6.45) is -1.54. The quantitative estimate of drug-likeness (QED) is 0.465. The fraction of sp³-hybridized carbons (Fsp3) is 0.562. The van der Waals surface area contributed by atoms with E-state index in [4.69, 9.17) is 25.8 Å². The molecule has 0 N–H and O–H groups in total. The topological polar surface area (TPSA) is 87.9 Å². The molecule has 24 heavy (non-hydrogen) atoms. The number of esters is 1. The van der Waals surface area contributed by atoms with Crippen molar-refractivity contribution in [3.8, 4) is 5.75 Å². The lowest BCUT2D eigenvalue weighted by molar-refractivity contribution is -0.384. The number of halogens is 1. The van der Waals surface area contributed by atoms with Crippen LogP contribution in [0.5, 0.6) is 5.75 Å².